The van der Waals surface area contributed by atoms with Gasteiger partial charge in [-0.3, -0.25) is 4.79 Å². The Kier molecular flexibility index (Phi) is 4.58. The number of aliphatic carboxylic acids is 1. The number of hydrogen-bond acceptors (Lipinski definition) is 2. The monoisotopic (exact) mass is 228 g/mol. The van der Waals surface area contributed by atoms with E-state index in [1.54, 1.807) is 7.05 Å². The molecule has 0 bridgehead atoms. The fraction of sp³-hybridized carbons (Fsp3) is 0.818. The predicted molar refractivity (Wildman–Crippen MR) is 60.3 cm³/mol. The third-order valence-corrected chi connectivity index (χ3v) is 3.08. The largest absolute Gasteiger partial charge is 0.481 e. The van der Waals surface area contributed by atoms with Gasteiger partial charge in [0.2, 0.25) is 0 Å². The van der Waals surface area contributed by atoms with Crippen molar-refractivity contribution in [3.8, 4) is 0 Å². The molecule has 1 atom stereocenters. The summed E-state index contributed by atoms with van der Waals surface area (Å²) in [7, 11) is 1.66. The van der Waals surface area contributed by atoms with E-state index in [1.807, 2.05) is 4.90 Å². The van der Waals surface area contributed by atoms with Gasteiger partial charge in [-0.15, -0.1) is 0 Å². The number of carboxylic acid groups (broad SMARTS) is 1. The van der Waals surface area contributed by atoms with Gasteiger partial charge in [0.15, 0.2) is 0 Å². The van der Waals surface area contributed by atoms with Crippen LogP contribution in [-0.4, -0.2) is 53.1 Å². The predicted octanol–water partition coefficient (Wildman–Crippen LogP) is 1.39. The van der Waals surface area contributed by atoms with Crippen LogP contribution in [0.3, 0.4) is 0 Å². The van der Waals surface area contributed by atoms with Crippen molar-refractivity contribution in [2.75, 3.05) is 20.1 Å². The molecule has 0 aromatic rings. The molecular weight excluding hydrogens is 208 g/mol. The van der Waals surface area contributed by atoms with Gasteiger partial charge in [0.1, 0.15) is 0 Å². The Morgan fingerprint density at radius 3 is 2.75 bits per heavy atom. The molecule has 0 aromatic carbocycles. The second-order valence-electron chi connectivity index (χ2n) is 4.25. The lowest BCUT2D eigenvalue weighted by atomic mass is 10.2. The van der Waals surface area contributed by atoms with E-state index >= 15 is 0 Å². The molecule has 1 aliphatic rings. The quantitative estimate of drug-likeness (QED) is 0.791. The van der Waals surface area contributed by atoms with Gasteiger partial charge >= 0.3 is 12.0 Å². The molecule has 16 heavy (non-hydrogen) atoms. The van der Waals surface area contributed by atoms with Gasteiger partial charge in [0.25, 0.3) is 0 Å². The third-order valence-electron chi connectivity index (χ3n) is 3.08. The summed E-state index contributed by atoms with van der Waals surface area (Å²) in [6, 6.07) is 0.297. The standard InChI is InChI=1S/C11H20N2O3/c1-3-9-5-4-7-13(9)11(16)12(2)8-6-10(14)15/h9H,3-8H2,1-2H3,(H,14,15). The fourth-order valence-corrected chi connectivity index (χ4v) is 2.09. The van der Waals surface area contributed by atoms with Crippen molar-refractivity contribution in [2.45, 2.75) is 38.6 Å². The fourth-order valence-electron chi connectivity index (χ4n) is 2.09. The Morgan fingerprint density at radius 1 is 1.50 bits per heavy atom. The number of rotatable bonds is 4. The summed E-state index contributed by atoms with van der Waals surface area (Å²) >= 11 is 0. The van der Waals surface area contributed by atoms with E-state index in [4.69, 9.17) is 5.11 Å². The number of carboxylic acids is 1. The highest BCUT2D eigenvalue weighted by Gasteiger charge is 2.29. The van der Waals surface area contributed by atoms with Crippen LogP contribution in [0.2, 0.25) is 0 Å². The maximum Gasteiger partial charge on any atom is 0.320 e. The first kappa shape index (κ1) is 12.8. The van der Waals surface area contributed by atoms with E-state index in [0.717, 1.165) is 25.8 Å². The van der Waals surface area contributed by atoms with E-state index in [9.17, 15) is 9.59 Å². The molecule has 0 aromatic heterocycles. The maximum atomic E-state index is 12.0. The van der Waals surface area contributed by atoms with Crippen molar-refractivity contribution in [3.63, 3.8) is 0 Å². The molecule has 2 amide bonds. The summed E-state index contributed by atoms with van der Waals surface area (Å²) in [5.74, 6) is -0.867. The van der Waals surface area contributed by atoms with E-state index in [0.29, 0.717) is 6.04 Å². The smallest absolute Gasteiger partial charge is 0.320 e. The molecule has 1 unspecified atom stereocenters. The average molecular weight is 228 g/mol. The minimum Gasteiger partial charge on any atom is -0.481 e. The van der Waals surface area contributed by atoms with Gasteiger partial charge in [0, 0.05) is 26.2 Å². The number of amides is 2. The Labute approximate surface area is 96.0 Å². The SMILES string of the molecule is CCC1CCCN1C(=O)N(C)CCC(=O)O. The van der Waals surface area contributed by atoms with E-state index in [1.165, 1.54) is 4.90 Å². The Balaban J connectivity index is 2.46. The molecule has 1 saturated heterocycles. The molecule has 1 fully saturated rings. The minimum absolute atomic E-state index is 0.00682. The van der Waals surface area contributed by atoms with Crippen LogP contribution < -0.4 is 0 Å². The molecule has 92 valence electrons. The Hall–Kier alpha value is -1.26. The normalized spacial score (nSPS) is 19.9. The zero-order chi connectivity index (χ0) is 12.1. The highest BCUT2D eigenvalue weighted by atomic mass is 16.4. The number of carbonyl (C=O) groups is 2. The topological polar surface area (TPSA) is 60.9 Å². The summed E-state index contributed by atoms with van der Waals surface area (Å²) in [6.45, 7) is 3.16. The summed E-state index contributed by atoms with van der Waals surface area (Å²) in [4.78, 5) is 25.8. The molecule has 5 heteroatoms. The van der Waals surface area contributed by atoms with Crippen molar-refractivity contribution < 1.29 is 14.7 Å². The van der Waals surface area contributed by atoms with Gasteiger partial charge in [0.05, 0.1) is 6.42 Å². The van der Waals surface area contributed by atoms with E-state index in [2.05, 4.69) is 6.92 Å². The van der Waals surface area contributed by atoms with Crippen LogP contribution in [0.25, 0.3) is 0 Å². The molecule has 1 rings (SSSR count). The van der Waals surface area contributed by atoms with E-state index in [-0.39, 0.29) is 19.0 Å². The van der Waals surface area contributed by atoms with Crippen molar-refractivity contribution in [1.82, 2.24) is 9.80 Å². The van der Waals surface area contributed by atoms with Gasteiger partial charge in [-0.05, 0) is 19.3 Å². The summed E-state index contributed by atoms with van der Waals surface area (Å²) in [5, 5.41) is 8.56. The molecule has 1 aliphatic heterocycles. The van der Waals surface area contributed by atoms with Crippen LogP contribution in [0, 0.1) is 0 Å². The van der Waals surface area contributed by atoms with Crippen molar-refractivity contribution in [2.24, 2.45) is 0 Å². The van der Waals surface area contributed by atoms with Crippen molar-refractivity contribution in [1.29, 1.82) is 0 Å². The van der Waals surface area contributed by atoms with Crippen LogP contribution in [-0.2, 0) is 4.79 Å². The van der Waals surface area contributed by atoms with Crippen LogP contribution >= 0.6 is 0 Å². The highest BCUT2D eigenvalue weighted by Crippen LogP contribution is 2.20. The molecule has 0 aliphatic carbocycles. The second kappa shape index (κ2) is 5.72. The number of nitrogens with zero attached hydrogens (tertiary/aromatic N) is 2. The summed E-state index contributed by atoms with van der Waals surface area (Å²) < 4.78 is 0. The van der Waals surface area contributed by atoms with Gasteiger partial charge in [-0.2, -0.15) is 0 Å². The lowest BCUT2D eigenvalue weighted by Gasteiger charge is -2.28. The van der Waals surface area contributed by atoms with Crippen LogP contribution in [0.15, 0.2) is 0 Å². The van der Waals surface area contributed by atoms with Gasteiger partial charge < -0.3 is 14.9 Å². The summed E-state index contributed by atoms with van der Waals surface area (Å²) in [5.41, 5.74) is 0. The molecule has 1 heterocycles. The molecule has 0 spiro atoms. The maximum absolute atomic E-state index is 12.0. The number of urea groups is 1. The first-order valence-electron chi connectivity index (χ1n) is 5.79. The van der Waals surface area contributed by atoms with Crippen molar-refractivity contribution in [3.05, 3.63) is 0 Å². The van der Waals surface area contributed by atoms with Crippen LogP contribution in [0.5, 0.6) is 0 Å². The third kappa shape index (κ3) is 3.12. The number of hydrogen-bond donors (Lipinski definition) is 1. The average Bonchev–Trinajstić information content (AvgIpc) is 2.72. The lowest BCUT2D eigenvalue weighted by Crippen LogP contribution is -2.44. The van der Waals surface area contributed by atoms with E-state index < -0.39 is 5.97 Å². The zero-order valence-electron chi connectivity index (χ0n) is 9.98. The van der Waals surface area contributed by atoms with Crippen LogP contribution in [0.4, 0.5) is 4.79 Å². The molecule has 0 saturated carbocycles. The van der Waals surface area contributed by atoms with Crippen molar-refractivity contribution >= 4 is 12.0 Å². The van der Waals surface area contributed by atoms with Gasteiger partial charge in [-0.1, -0.05) is 6.92 Å². The second-order valence-corrected chi connectivity index (χ2v) is 4.25. The van der Waals surface area contributed by atoms with Crippen LogP contribution in [0.1, 0.15) is 32.6 Å². The molecule has 5 nitrogen and oxygen atoms in total. The Morgan fingerprint density at radius 2 is 2.19 bits per heavy atom. The number of carbonyl (C=O) groups excluding carboxylic acids is 1. The highest BCUT2D eigenvalue weighted by molar-refractivity contribution is 5.75. The first-order chi connectivity index (χ1) is 7.56. The molecular formula is C11H20N2O3. The summed E-state index contributed by atoms with van der Waals surface area (Å²) in [6.07, 6.45) is 3.09. The minimum atomic E-state index is -0.867. The van der Waals surface area contributed by atoms with Gasteiger partial charge in [-0.25, -0.2) is 4.79 Å². The molecule has 1 N–H and O–H groups in total. The Bertz CT molecular complexity index is 268. The first-order valence-corrected chi connectivity index (χ1v) is 5.79. The zero-order valence-corrected chi connectivity index (χ0v) is 9.98. The molecule has 0 radical (unpaired) electrons. The lowest BCUT2D eigenvalue weighted by molar-refractivity contribution is -0.137. The number of likely N-dealkylation sites (tertiary alicyclic amines) is 1.